The molecule has 1 heterocycles. The highest BCUT2D eigenvalue weighted by atomic mass is 16.4. The zero-order valence-corrected chi connectivity index (χ0v) is 10.1. The second-order valence-corrected chi connectivity index (χ2v) is 4.80. The van der Waals surface area contributed by atoms with Gasteiger partial charge >= 0.3 is 0 Å². The summed E-state index contributed by atoms with van der Waals surface area (Å²) in [6.45, 7) is 2.57. The van der Waals surface area contributed by atoms with Crippen LogP contribution in [0.2, 0.25) is 0 Å². The number of hydrogen-bond donors (Lipinski definition) is 1. The van der Waals surface area contributed by atoms with Crippen molar-refractivity contribution in [2.45, 2.75) is 39.0 Å². The summed E-state index contributed by atoms with van der Waals surface area (Å²) >= 11 is 0. The van der Waals surface area contributed by atoms with E-state index in [-0.39, 0.29) is 23.7 Å². The molecule has 0 bridgehead atoms. The van der Waals surface area contributed by atoms with E-state index in [0.29, 0.717) is 31.5 Å². The summed E-state index contributed by atoms with van der Waals surface area (Å²) in [5.74, 6) is -0.552. The maximum Gasteiger partial charge on any atom is 0.233 e. The van der Waals surface area contributed by atoms with E-state index < -0.39 is 0 Å². The first-order valence-corrected chi connectivity index (χ1v) is 6.24. The van der Waals surface area contributed by atoms with Gasteiger partial charge in [-0.15, -0.1) is 0 Å². The molecular weight excluding hydrogens is 220 g/mol. The van der Waals surface area contributed by atoms with E-state index in [1.165, 1.54) is 4.90 Å². The van der Waals surface area contributed by atoms with Crippen molar-refractivity contribution in [3.8, 4) is 0 Å². The Morgan fingerprint density at radius 3 is 2.71 bits per heavy atom. The summed E-state index contributed by atoms with van der Waals surface area (Å²) < 4.78 is 0. The third kappa shape index (κ3) is 2.06. The zero-order chi connectivity index (χ0) is 12.4. The number of nitrogens with zero attached hydrogens (tertiary/aromatic N) is 2. The lowest BCUT2D eigenvalue weighted by atomic mass is 9.80. The fourth-order valence-corrected chi connectivity index (χ4v) is 2.71. The number of unbranched alkanes of at least 4 members (excludes halogenated alkanes) is 1. The summed E-state index contributed by atoms with van der Waals surface area (Å²) in [5, 5.41) is 11.9. The van der Waals surface area contributed by atoms with E-state index in [9.17, 15) is 9.59 Å². The summed E-state index contributed by atoms with van der Waals surface area (Å²) in [5.41, 5.74) is 0.643. The minimum absolute atomic E-state index is 0.0227. The number of carbonyl (C=O) groups is 2. The van der Waals surface area contributed by atoms with Gasteiger partial charge in [0.1, 0.15) is 0 Å². The van der Waals surface area contributed by atoms with Crippen molar-refractivity contribution in [3.05, 3.63) is 0 Å². The fourth-order valence-electron chi connectivity index (χ4n) is 2.71. The molecule has 2 unspecified atom stereocenters. The van der Waals surface area contributed by atoms with Gasteiger partial charge in [-0.2, -0.15) is 0 Å². The van der Waals surface area contributed by atoms with Crippen molar-refractivity contribution in [3.63, 3.8) is 0 Å². The Kier molecular flexibility index (Phi) is 3.45. The normalized spacial score (nSPS) is 31.1. The first-order valence-electron chi connectivity index (χ1n) is 6.24. The summed E-state index contributed by atoms with van der Waals surface area (Å²) in [4.78, 5) is 25.5. The van der Waals surface area contributed by atoms with E-state index in [1.807, 2.05) is 6.92 Å². The van der Waals surface area contributed by atoms with Gasteiger partial charge in [-0.1, -0.05) is 18.5 Å². The quantitative estimate of drug-likeness (QED) is 0.459. The Labute approximate surface area is 100 Å². The first-order chi connectivity index (χ1) is 8.19. The molecular formula is C12H18N2O3. The highest BCUT2D eigenvalue weighted by molar-refractivity contribution is 6.08. The molecule has 1 saturated heterocycles. The molecule has 0 aromatic heterocycles. The largest absolute Gasteiger partial charge is 0.411 e. The van der Waals surface area contributed by atoms with Gasteiger partial charge in [-0.3, -0.25) is 14.5 Å². The molecule has 1 N–H and O–H groups in total. The van der Waals surface area contributed by atoms with E-state index in [4.69, 9.17) is 5.21 Å². The molecule has 0 spiro atoms. The van der Waals surface area contributed by atoms with E-state index in [1.54, 1.807) is 0 Å². The molecule has 2 atom stereocenters. The lowest BCUT2D eigenvalue weighted by Crippen LogP contribution is -2.32. The molecule has 0 radical (unpaired) electrons. The molecule has 1 saturated carbocycles. The lowest BCUT2D eigenvalue weighted by Gasteiger charge is -2.20. The van der Waals surface area contributed by atoms with Crippen LogP contribution in [0.1, 0.15) is 39.0 Å². The smallest absolute Gasteiger partial charge is 0.233 e. The molecule has 2 rings (SSSR count). The second kappa shape index (κ2) is 4.85. The Morgan fingerprint density at radius 1 is 1.35 bits per heavy atom. The van der Waals surface area contributed by atoms with Crippen molar-refractivity contribution in [2.24, 2.45) is 17.0 Å². The number of oxime groups is 1. The van der Waals surface area contributed by atoms with Crippen LogP contribution in [-0.4, -0.2) is 34.2 Å². The Bertz CT molecular complexity index is 365. The molecule has 5 nitrogen and oxygen atoms in total. The Hall–Kier alpha value is -1.39. The molecule has 1 aliphatic heterocycles. The second-order valence-electron chi connectivity index (χ2n) is 4.80. The monoisotopic (exact) mass is 238 g/mol. The molecule has 0 aromatic rings. The predicted molar refractivity (Wildman–Crippen MR) is 61.7 cm³/mol. The van der Waals surface area contributed by atoms with Gasteiger partial charge in [0.25, 0.3) is 0 Å². The van der Waals surface area contributed by atoms with Crippen LogP contribution in [0.25, 0.3) is 0 Å². The molecule has 1 aliphatic carbocycles. The van der Waals surface area contributed by atoms with Crippen molar-refractivity contribution >= 4 is 17.5 Å². The molecule has 5 heteroatoms. The molecule has 2 aliphatic rings. The minimum atomic E-state index is -0.279. The van der Waals surface area contributed by atoms with Gasteiger partial charge in [-0.25, -0.2) is 0 Å². The predicted octanol–water partition coefficient (Wildman–Crippen LogP) is 1.40. The number of amides is 2. The standard InChI is InChI=1S/C12H18N2O3/c1-2-3-6-14-11(15)9-5-4-8(13-17)7-10(9)12(14)16/h9-10,17H,2-7H2,1H3. The van der Waals surface area contributed by atoms with Crippen LogP contribution in [0.3, 0.4) is 0 Å². The van der Waals surface area contributed by atoms with Crippen LogP contribution in [-0.2, 0) is 9.59 Å². The summed E-state index contributed by atoms with van der Waals surface area (Å²) in [6, 6.07) is 0. The summed E-state index contributed by atoms with van der Waals surface area (Å²) in [6.07, 6.45) is 3.53. The van der Waals surface area contributed by atoms with Gasteiger partial charge in [0.15, 0.2) is 0 Å². The van der Waals surface area contributed by atoms with Gasteiger partial charge in [-0.05, 0) is 19.3 Å². The van der Waals surface area contributed by atoms with E-state index in [2.05, 4.69) is 5.16 Å². The van der Waals surface area contributed by atoms with Crippen LogP contribution >= 0.6 is 0 Å². The van der Waals surface area contributed by atoms with Crippen LogP contribution in [0.4, 0.5) is 0 Å². The third-order valence-electron chi connectivity index (χ3n) is 3.73. The molecule has 2 amide bonds. The molecule has 94 valence electrons. The Balaban J connectivity index is 2.11. The van der Waals surface area contributed by atoms with Crippen molar-refractivity contribution in [1.29, 1.82) is 0 Å². The Morgan fingerprint density at radius 2 is 2.06 bits per heavy atom. The first kappa shape index (κ1) is 12.1. The fraction of sp³-hybridized carbons (Fsp3) is 0.750. The average molecular weight is 238 g/mol. The van der Waals surface area contributed by atoms with Gasteiger partial charge in [0, 0.05) is 13.0 Å². The SMILES string of the molecule is CCCCN1C(=O)C2CCC(=NO)CC2C1=O. The minimum Gasteiger partial charge on any atom is -0.411 e. The van der Waals surface area contributed by atoms with Crippen molar-refractivity contribution in [1.82, 2.24) is 4.90 Å². The lowest BCUT2D eigenvalue weighted by molar-refractivity contribution is -0.139. The number of hydrogen-bond acceptors (Lipinski definition) is 4. The van der Waals surface area contributed by atoms with Gasteiger partial charge < -0.3 is 5.21 Å². The number of fused-ring (bicyclic) bond motifs is 1. The average Bonchev–Trinajstić information content (AvgIpc) is 2.59. The highest BCUT2D eigenvalue weighted by Gasteiger charge is 2.49. The number of likely N-dealkylation sites (tertiary alicyclic amines) is 1. The van der Waals surface area contributed by atoms with E-state index in [0.717, 1.165) is 12.8 Å². The van der Waals surface area contributed by atoms with E-state index >= 15 is 0 Å². The maximum absolute atomic E-state index is 12.1. The molecule has 2 fully saturated rings. The third-order valence-corrected chi connectivity index (χ3v) is 3.73. The highest BCUT2D eigenvalue weighted by Crippen LogP contribution is 2.37. The molecule has 17 heavy (non-hydrogen) atoms. The zero-order valence-electron chi connectivity index (χ0n) is 10.1. The number of imide groups is 1. The van der Waals surface area contributed by atoms with Gasteiger partial charge in [0.05, 0.1) is 17.5 Å². The molecule has 0 aromatic carbocycles. The van der Waals surface area contributed by atoms with Crippen molar-refractivity contribution < 1.29 is 14.8 Å². The topological polar surface area (TPSA) is 70.0 Å². The van der Waals surface area contributed by atoms with Crippen molar-refractivity contribution in [2.75, 3.05) is 6.54 Å². The van der Waals surface area contributed by atoms with Crippen LogP contribution < -0.4 is 0 Å². The number of rotatable bonds is 3. The summed E-state index contributed by atoms with van der Waals surface area (Å²) in [7, 11) is 0. The van der Waals surface area contributed by atoms with Crippen LogP contribution in [0, 0.1) is 11.8 Å². The maximum atomic E-state index is 12.1. The van der Waals surface area contributed by atoms with Gasteiger partial charge in [0.2, 0.25) is 11.8 Å². The van der Waals surface area contributed by atoms with Crippen LogP contribution in [0.5, 0.6) is 0 Å². The van der Waals surface area contributed by atoms with Crippen LogP contribution in [0.15, 0.2) is 5.16 Å². The number of carbonyl (C=O) groups excluding carboxylic acids is 2.